The van der Waals surface area contributed by atoms with E-state index in [0.717, 1.165) is 11.1 Å². The summed E-state index contributed by atoms with van der Waals surface area (Å²) in [6.07, 6.45) is 0. The molecule has 1 heterocycles. The Bertz CT molecular complexity index is 497. The van der Waals surface area contributed by atoms with Crippen LogP contribution in [0.1, 0.15) is 5.56 Å². The van der Waals surface area contributed by atoms with Crippen molar-refractivity contribution in [1.29, 1.82) is 0 Å². The van der Waals surface area contributed by atoms with E-state index in [2.05, 4.69) is 4.98 Å². The molecule has 0 unspecified atom stereocenters. The number of aromatic nitrogens is 1. The first-order valence-electron chi connectivity index (χ1n) is 4.56. The van der Waals surface area contributed by atoms with Gasteiger partial charge >= 0.3 is 0 Å². The number of benzene rings is 1. The molecule has 2 rings (SSSR count). The lowest BCUT2D eigenvalue weighted by atomic mass is 10.1. The zero-order chi connectivity index (χ0) is 10.8. The van der Waals surface area contributed by atoms with E-state index in [1.54, 1.807) is 18.2 Å². The van der Waals surface area contributed by atoms with Crippen molar-refractivity contribution in [2.24, 2.45) is 0 Å². The smallest absolute Gasteiger partial charge is 0.213 e. The van der Waals surface area contributed by atoms with Crippen LogP contribution >= 0.6 is 11.6 Å². The second-order valence-electron chi connectivity index (χ2n) is 3.33. The molecule has 0 saturated heterocycles. The molecular weight excluding hydrogens is 213 g/mol. The first-order valence-corrected chi connectivity index (χ1v) is 4.94. The summed E-state index contributed by atoms with van der Waals surface area (Å²) in [6.45, 7) is 1.96. The number of pyridine rings is 1. The number of aryl methyl sites for hydroxylation is 1. The van der Waals surface area contributed by atoms with Crippen molar-refractivity contribution in [1.82, 2.24) is 4.98 Å². The molecule has 0 aliphatic rings. The highest BCUT2D eigenvalue weighted by Crippen LogP contribution is 2.27. The molecular formula is C12H9ClFN. The van der Waals surface area contributed by atoms with Gasteiger partial charge in [0.1, 0.15) is 0 Å². The lowest BCUT2D eigenvalue weighted by Gasteiger charge is -2.04. The van der Waals surface area contributed by atoms with Gasteiger partial charge in [-0.3, -0.25) is 0 Å². The Labute approximate surface area is 92.5 Å². The molecule has 0 aliphatic carbocycles. The van der Waals surface area contributed by atoms with Crippen LogP contribution < -0.4 is 0 Å². The van der Waals surface area contributed by atoms with Gasteiger partial charge in [0, 0.05) is 10.6 Å². The van der Waals surface area contributed by atoms with E-state index in [9.17, 15) is 4.39 Å². The number of hydrogen-bond donors (Lipinski definition) is 0. The van der Waals surface area contributed by atoms with Gasteiger partial charge in [0.05, 0.1) is 5.69 Å². The largest absolute Gasteiger partial charge is 0.220 e. The van der Waals surface area contributed by atoms with Gasteiger partial charge in [0.2, 0.25) is 5.95 Å². The van der Waals surface area contributed by atoms with E-state index in [-0.39, 0.29) is 0 Å². The van der Waals surface area contributed by atoms with Crippen LogP contribution in [0.3, 0.4) is 0 Å². The molecule has 2 aromatic rings. The minimum absolute atomic E-state index is 0.495. The second-order valence-corrected chi connectivity index (χ2v) is 3.74. The molecule has 0 saturated carbocycles. The van der Waals surface area contributed by atoms with E-state index >= 15 is 0 Å². The molecule has 76 valence electrons. The van der Waals surface area contributed by atoms with Crippen molar-refractivity contribution in [3.05, 3.63) is 52.9 Å². The third kappa shape index (κ3) is 2.16. The van der Waals surface area contributed by atoms with Crippen molar-refractivity contribution in [3.63, 3.8) is 0 Å². The van der Waals surface area contributed by atoms with E-state index in [4.69, 9.17) is 11.6 Å². The predicted molar refractivity (Wildman–Crippen MR) is 59.4 cm³/mol. The Morgan fingerprint density at radius 1 is 1.20 bits per heavy atom. The Kier molecular flexibility index (Phi) is 2.69. The van der Waals surface area contributed by atoms with Gasteiger partial charge in [-0.15, -0.1) is 0 Å². The highest BCUT2D eigenvalue weighted by molar-refractivity contribution is 6.33. The van der Waals surface area contributed by atoms with Crippen molar-refractivity contribution in [3.8, 4) is 11.3 Å². The number of rotatable bonds is 1. The minimum Gasteiger partial charge on any atom is -0.220 e. The van der Waals surface area contributed by atoms with Gasteiger partial charge in [0.25, 0.3) is 0 Å². The van der Waals surface area contributed by atoms with Crippen LogP contribution in [0.25, 0.3) is 11.3 Å². The summed E-state index contributed by atoms with van der Waals surface area (Å²) in [5.41, 5.74) is 2.39. The van der Waals surface area contributed by atoms with Gasteiger partial charge < -0.3 is 0 Å². The topological polar surface area (TPSA) is 12.9 Å². The van der Waals surface area contributed by atoms with Crippen LogP contribution in [-0.4, -0.2) is 4.98 Å². The SMILES string of the molecule is Cc1ccc(Cl)c(-c2cccc(F)n2)c1. The van der Waals surface area contributed by atoms with Crippen LogP contribution in [0.2, 0.25) is 5.02 Å². The molecule has 0 atom stereocenters. The summed E-state index contributed by atoms with van der Waals surface area (Å²) >= 11 is 6.02. The van der Waals surface area contributed by atoms with Crippen LogP contribution in [0, 0.1) is 12.9 Å². The van der Waals surface area contributed by atoms with E-state index in [0.29, 0.717) is 10.7 Å². The third-order valence-corrected chi connectivity index (χ3v) is 2.44. The highest BCUT2D eigenvalue weighted by Gasteiger charge is 2.05. The summed E-state index contributed by atoms with van der Waals surface area (Å²) in [5, 5.41) is 0.582. The number of nitrogens with zero attached hydrogens (tertiary/aromatic N) is 1. The fourth-order valence-corrected chi connectivity index (χ4v) is 1.61. The fraction of sp³-hybridized carbons (Fsp3) is 0.0833. The first-order chi connectivity index (χ1) is 7.16. The summed E-state index contributed by atoms with van der Waals surface area (Å²) in [6, 6.07) is 10.3. The van der Waals surface area contributed by atoms with Crippen LogP contribution in [0.15, 0.2) is 36.4 Å². The Hall–Kier alpha value is -1.41. The predicted octanol–water partition coefficient (Wildman–Crippen LogP) is 3.85. The monoisotopic (exact) mass is 221 g/mol. The summed E-state index contributed by atoms with van der Waals surface area (Å²) < 4.78 is 12.9. The quantitative estimate of drug-likeness (QED) is 0.667. The normalized spacial score (nSPS) is 10.3. The molecule has 0 bridgehead atoms. The van der Waals surface area contributed by atoms with Crippen LogP contribution in [0.4, 0.5) is 4.39 Å². The molecule has 0 fully saturated rings. The molecule has 1 aromatic heterocycles. The summed E-state index contributed by atoms with van der Waals surface area (Å²) in [7, 11) is 0. The zero-order valence-corrected chi connectivity index (χ0v) is 8.92. The lowest BCUT2D eigenvalue weighted by molar-refractivity contribution is 0.585. The van der Waals surface area contributed by atoms with E-state index < -0.39 is 5.95 Å². The molecule has 0 N–H and O–H groups in total. The number of hydrogen-bond acceptors (Lipinski definition) is 1. The third-order valence-electron chi connectivity index (χ3n) is 2.11. The maximum absolute atomic E-state index is 12.9. The fourth-order valence-electron chi connectivity index (χ4n) is 1.39. The van der Waals surface area contributed by atoms with Crippen LogP contribution in [0.5, 0.6) is 0 Å². The van der Waals surface area contributed by atoms with E-state index in [1.165, 1.54) is 6.07 Å². The average molecular weight is 222 g/mol. The van der Waals surface area contributed by atoms with Crippen molar-refractivity contribution in [2.75, 3.05) is 0 Å². The van der Waals surface area contributed by atoms with Gasteiger partial charge in [0.15, 0.2) is 0 Å². The average Bonchev–Trinajstić information content (AvgIpc) is 2.22. The zero-order valence-electron chi connectivity index (χ0n) is 8.17. The van der Waals surface area contributed by atoms with Gasteiger partial charge in [-0.1, -0.05) is 29.3 Å². The molecule has 1 nitrogen and oxygen atoms in total. The van der Waals surface area contributed by atoms with Gasteiger partial charge in [-0.05, 0) is 31.2 Å². The first kappa shape index (κ1) is 10.1. The highest BCUT2D eigenvalue weighted by atomic mass is 35.5. The maximum atomic E-state index is 12.9. The van der Waals surface area contributed by atoms with Crippen molar-refractivity contribution >= 4 is 11.6 Å². The lowest BCUT2D eigenvalue weighted by Crippen LogP contribution is -1.88. The maximum Gasteiger partial charge on any atom is 0.213 e. The van der Waals surface area contributed by atoms with Crippen molar-refractivity contribution in [2.45, 2.75) is 6.92 Å². The van der Waals surface area contributed by atoms with Gasteiger partial charge in [-0.25, -0.2) is 4.98 Å². The standard InChI is InChI=1S/C12H9ClFN/c1-8-5-6-10(13)9(7-8)11-3-2-4-12(14)15-11/h2-7H,1H3. The molecule has 1 aromatic carbocycles. The molecule has 3 heteroatoms. The molecule has 0 aliphatic heterocycles. The molecule has 0 radical (unpaired) electrons. The molecule has 0 spiro atoms. The number of halogens is 2. The van der Waals surface area contributed by atoms with Gasteiger partial charge in [-0.2, -0.15) is 4.39 Å². The Morgan fingerprint density at radius 3 is 2.73 bits per heavy atom. The molecule has 0 amide bonds. The second kappa shape index (κ2) is 3.99. The Morgan fingerprint density at radius 2 is 2.00 bits per heavy atom. The minimum atomic E-state index is -0.495. The summed E-state index contributed by atoms with van der Waals surface area (Å²) in [5.74, 6) is -0.495. The van der Waals surface area contributed by atoms with E-state index in [1.807, 2.05) is 19.1 Å². The van der Waals surface area contributed by atoms with Crippen molar-refractivity contribution < 1.29 is 4.39 Å². The Balaban J connectivity index is 2.58. The molecule has 15 heavy (non-hydrogen) atoms. The summed E-state index contributed by atoms with van der Waals surface area (Å²) in [4.78, 5) is 3.79. The van der Waals surface area contributed by atoms with Crippen LogP contribution in [-0.2, 0) is 0 Å².